The molecule has 0 unspecified atom stereocenters. The zero-order valence-electron chi connectivity index (χ0n) is 19.1. The molecule has 11 heteroatoms. The molecule has 2 atom stereocenters. The molecule has 2 N–H and O–H groups in total. The highest BCUT2D eigenvalue weighted by atomic mass is 19.4. The van der Waals surface area contributed by atoms with Crippen LogP contribution in [-0.2, 0) is 14.3 Å². The number of nitrogens with zero attached hydrogens (tertiary/aromatic N) is 1. The van der Waals surface area contributed by atoms with Gasteiger partial charge in [0.2, 0.25) is 11.8 Å². The molecule has 0 bridgehead atoms. The first kappa shape index (κ1) is 26.3. The van der Waals surface area contributed by atoms with E-state index >= 15 is 0 Å². The van der Waals surface area contributed by atoms with Crippen molar-refractivity contribution in [1.82, 2.24) is 10.2 Å². The van der Waals surface area contributed by atoms with Crippen LogP contribution in [0, 0.1) is 5.82 Å². The number of hydrogen-bond acceptors (Lipinski definition) is 5. The first-order chi connectivity index (χ1) is 16.6. The molecule has 1 aliphatic rings. The number of carbonyl (C=O) groups excluding carboxylic acids is 2. The third-order valence-electron chi connectivity index (χ3n) is 5.42. The van der Waals surface area contributed by atoms with Crippen LogP contribution in [0.3, 0.4) is 0 Å². The van der Waals surface area contributed by atoms with Crippen LogP contribution in [-0.4, -0.2) is 62.0 Å². The Labute approximate surface area is 200 Å². The van der Waals surface area contributed by atoms with E-state index in [0.29, 0.717) is 37.6 Å². The predicted octanol–water partition coefficient (Wildman–Crippen LogP) is 3.67. The van der Waals surface area contributed by atoms with Crippen molar-refractivity contribution in [2.45, 2.75) is 31.7 Å². The maximum Gasteiger partial charge on any atom is 0.573 e. The van der Waals surface area contributed by atoms with Crippen LogP contribution in [0.1, 0.15) is 24.8 Å². The maximum absolute atomic E-state index is 13.4. The summed E-state index contributed by atoms with van der Waals surface area (Å²) >= 11 is 0. The van der Waals surface area contributed by atoms with Gasteiger partial charge in [0.05, 0.1) is 19.1 Å². The summed E-state index contributed by atoms with van der Waals surface area (Å²) in [6.07, 6.45) is -4.84. The second-order valence-electron chi connectivity index (χ2n) is 8.16. The van der Waals surface area contributed by atoms with Crippen molar-refractivity contribution in [1.29, 1.82) is 0 Å². The minimum Gasteiger partial charge on any atom is -0.406 e. The zero-order valence-corrected chi connectivity index (χ0v) is 19.1. The van der Waals surface area contributed by atoms with Crippen molar-refractivity contribution in [3.8, 4) is 5.75 Å². The molecular formula is C24H27F4N3O4. The number of amides is 2. The van der Waals surface area contributed by atoms with Gasteiger partial charge in [0.25, 0.3) is 0 Å². The van der Waals surface area contributed by atoms with Gasteiger partial charge in [-0.1, -0.05) is 12.1 Å². The number of alkyl halides is 3. The molecule has 7 nitrogen and oxygen atoms in total. The Bertz CT molecular complexity index is 978. The Morgan fingerprint density at radius 3 is 2.29 bits per heavy atom. The Morgan fingerprint density at radius 2 is 1.69 bits per heavy atom. The largest absolute Gasteiger partial charge is 0.573 e. The highest BCUT2D eigenvalue weighted by molar-refractivity contribution is 5.90. The fourth-order valence-corrected chi connectivity index (χ4v) is 3.61. The van der Waals surface area contributed by atoms with Gasteiger partial charge in [0, 0.05) is 37.8 Å². The second kappa shape index (κ2) is 11.9. The first-order valence-electron chi connectivity index (χ1n) is 11.1. The minimum atomic E-state index is -4.77. The maximum atomic E-state index is 13.4. The van der Waals surface area contributed by atoms with Crippen LogP contribution in [0.5, 0.6) is 5.75 Å². The molecule has 1 heterocycles. The number of rotatable bonds is 9. The normalized spacial score (nSPS) is 15.7. The Hall–Kier alpha value is -3.34. The molecule has 1 aliphatic heterocycles. The van der Waals surface area contributed by atoms with E-state index in [0.717, 1.165) is 0 Å². The van der Waals surface area contributed by atoms with Gasteiger partial charge >= 0.3 is 6.36 Å². The lowest BCUT2D eigenvalue weighted by atomic mass is 9.93. The number of nitrogens with one attached hydrogen (secondary N) is 2. The van der Waals surface area contributed by atoms with E-state index < -0.39 is 18.1 Å². The number of benzene rings is 2. The third-order valence-corrected chi connectivity index (χ3v) is 5.42. The van der Waals surface area contributed by atoms with Gasteiger partial charge in [-0.3, -0.25) is 9.59 Å². The number of carbonyl (C=O) groups is 2. The van der Waals surface area contributed by atoms with E-state index in [-0.39, 0.29) is 36.6 Å². The molecule has 2 aromatic carbocycles. The lowest BCUT2D eigenvalue weighted by Gasteiger charge is -2.29. The highest BCUT2D eigenvalue weighted by Crippen LogP contribution is 2.24. The smallest absolute Gasteiger partial charge is 0.406 e. The number of anilines is 1. The molecule has 1 fully saturated rings. The van der Waals surface area contributed by atoms with Crippen LogP contribution in [0.25, 0.3) is 0 Å². The van der Waals surface area contributed by atoms with Gasteiger partial charge in [-0.05, 0) is 48.9 Å². The lowest BCUT2D eigenvalue weighted by Crippen LogP contribution is -2.44. The summed E-state index contributed by atoms with van der Waals surface area (Å²) in [6.45, 7) is 3.79. The molecule has 190 valence electrons. The van der Waals surface area contributed by atoms with E-state index in [4.69, 9.17) is 4.74 Å². The molecule has 3 rings (SSSR count). The molecule has 0 spiro atoms. The Balaban J connectivity index is 1.59. The fourth-order valence-electron chi connectivity index (χ4n) is 3.61. The van der Waals surface area contributed by atoms with Crippen molar-refractivity contribution < 1.29 is 36.6 Å². The van der Waals surface area contributed by atoms with Crippen LogP contribution in [0.2, 0.25) is 0 Å². The van der Waals surface area contributed by atoms with Gasteiger partial charge in [0.1, 0.15) is 11.6 Å². The Kier molecular flexibility index (Phi) is 8.91. The van der Waals surface area contributed by atoms with Crippen molar-refractivity contribution in [2.75, 3.05) is 38.2 Å². The summed E-state index contributed by atoms with van der Waals surface area (Å²) < 4.78 is 59.4. The molecule has 0 aromatic heterocycles. The van der Waals surface area contributed by atoms with Crippen molar-refractivity contribution >= 4 is 17.5 Å². The zero-order chi connectivity index (χ0) is 25.4. The number of halogens is 4. The summed E-state index contributed by atoms with van der Waals surface area (Å²) in [4.78, 5) is 27.5. The molecule has 2 amide bonds. The summed E-state index contributed by atoms with van der Waals surface area (Å²) in [6, 6.07) is 10.3. The highest BCUT2D eigenvalue weighted by Gasteiger charge is 2.31. The van der Waals surface area contributed by atoms with Crippen molar-refractivity contribution in [3.63, 3.8) is 0 Å². The summed E-state index contributed by atoms with van der Waals surface area (Å²) in [5, 5.41) is 5.88. The molecule has 35 heavy (non-hydrogen) atoms. The van der Waals surface area contributed by atoms with E-state index in [9.17, 15) is 27.2 Å². The van der Waals surface area contributed by atoms with E-state index in [2.05, 4.69) is 15.4 Å². The van der Waals surface area contributed by atoms with Crippen LogP contribution < -0.4 is 15.4 Å². The predicted molar refractivity (Wildman–Crippen MR) is 120 cm³/mol. The quantitative estimate of drug-likeness (QED) is 0.517. The van der Waals surface area contributed by atoms with Crippen LogP contribution in [0.4, 0.5) is 23.2 Å². The summed E-state index contributed by atoms with van der Waals surface area (Å²) in [7, 11) is 0. The standard InChI is InChI=1S/C24H27F4N3O4/c1-16(15-29-19-6-8-20(9-7-19)35-24(26,27)28)30-23(33)21(17-2-4-18(25)5-3-17)14-22(32)31-10-12-34-13-11-31/h2-9,16,21,29H,10-15H2,1H3,(H,30,33)/t16-,21-/m0/s1. The average Bonchev–Trinajstić information content (AvgIpc) is 2.82. The Morgan fingerprint density at radius 1 is 1.06 bits per heavy atom. The average molecular weight is 497 g/mol. The van der Waals surface area contributed by atoms with Crippen molar-refractivity contribution in [2.24, 2.45) is 0 Å². The lowest BCUT2D eigenvalue weighted by molar-refractivity contribution is -0.274. The molecule has 2 aromatic rings. The second-order valence-corrected chi connectivity index (χ2v) is 8.16. The molecule has 1 saturated heterocycles. The van der Waals surface area contributed by atoms with E-state index in [1.165, 1.54) is 48.5 Å². The molecule has 0 aliphatic carbocycles. The summed E-state index contributed by atoms with van der Waals surface area (Å²) in [5.74, 6) is -2.17. The minimum absolute atomic E-state index is 0.0711. The van der Waals surface area contributed by atoms with E-state index in [1.807, 2.05) is 0 Å². The van der Waals surface area contributed by atoms with Crippen molar-refractivity contribution in [3.05, 3.63) is 59.9 Å². The van der Waals surface area contributed by atoms with Crippen LogP contribution in [0.15, 0.2) is 48.5 Å². The fraction of sp³-hybridized carbons (Fsp3) is 0.417. The SMILES string of the molecule is C[C@@H](CNc1ccc(OC(F)(F)F)cc1)NC(=O)[C@@H](CC(=O)N1CCOCC1)c1ccc(F)cc1. The molecule has 0 radical (unpaired) electrons. The third kappa shape index (κ3) is 8.43. The molecular weight excluding hydrogens is 470 g/mol. The van der Waals surface area contributed by atoms with Gasteiger partial charge in [-0.25, -0.2) is 4.39 Å². The number of morpholine rings is 1. The monoisotopic (exact) mass is 497 g/mol. The summed E-state index contributed by atoms with van der Waals surface area (Å²) in [5.41, 5.74) is 1.06. The van der Waals surface area contributed by atoms with Crippen LogP contribution >= 0.6 is 0 Å². The first-order valence-corrected chi connectivity index (χ1v) is 11.1. The molecule has 0 saturated carbocycles. The topological polar surface area (TPSA) is 79.9 Å². The van der Waals surface area contributed by atoms with Gasteiger partial charge < -0.3 is 25.0 Å². The number of ether oxygens (including phenoxy) is 2. The van der Waals surface area contributed by atoms with Gasteiger partial charge in [0.15, 0.2) is 0 Å². The van der Waals surface area contributed by atoms with Gasteiger partial charge in [-0.2, -0.15) is 0 Å². The van der Waals surface area contributed by atoms with Gasteiger partial charge in [-0.15, -0.1) is 13.2 Å². The number of hydrogen-bond donors (Lipinski definition) is 2. The van der Waals surface area contributed by atoms with E-state index in [1.54, 1.807) is 11.8 Å².